The molecule has 1 heterocycles. The highest BCUT2D eigenvalue weighted by molar-refractivity contribution is 5.85. The molecule has 0 saturated heterocycles. The van der Waals surface area contributed by atoms with Crippen molar-refractivity contribution in [2.45, 2.75) is 26.6 Å². The number of nitrogens with zero attached hydrogens (tertiary/aromatic N) is 1. The minimum Gasteiger partial charge on any atom is -0.381 e. The summed E-state index contributed by atoms with van der Waals surface area (Å²) < 4.78 is 12.9. The molecule has 0 aromatic heterocycles. The van der Waals surface area contributed by atoms with E-state index in [1.54, 1.807) is 12.1 Å². The number of fused-ring (bicyclic) bond motifs is 1. The summed E-state index contributed by atoms with van der Waals surface area (Å²) in [4.78, 5) is 2.44. The third kappa shape index (κ3) is 3.55. The van der Waals surface area contributed by atoms with Crippen LogP contribution in [0.25, 0.3) is 0 Å². The molecule has 0 spiro atoms. The van der Waals surface area contributed by atoms with Gasteiger partial charge in [-0.1, -0.05) is 25.1 Å². The molecule has 2 aromatic carbocycles. The van der Waals surface area contributed by atoms with Gasteiger partial charge in [-0.05, 0) is 47.5 Å². The second-order valence-electron chi connectivity index (χ2n) is 5.22. The molecule has 1 N–H and O–H groups in total. The Morgan fingerprint density at radius 2 is 1.86 bits per heavy atom. The minimum absolute atomic E-state index is 0. The van der Waals surface area contributed by atoms with E-state index in [0.29, 0.717) is 0 Å². The summed E-state index contributed by atoms with van der Waals surface area (Å²) in [5.41, 5.74) is 5.17. The molecular formula is C17H20ClFN2. The maximum atomic E-state index is 12.9. The maximum Gasteiger partial charge on any atom is 0.123 e. The predicted octanol–water partition coefficient (Wildman–Crippen LogP) is 4.20. The number of anilines is 1. The SMILES string of the molecule is CCN1Cc2cccc(CNc3ccc(F)cc3)c2C1.Cl. The van der Waals surface area contributed by atoms with E-state index in [-0.39, 0.29) is 18.2 Å². The van der Waals surface area contributed by atoms with Gasteiger partial charge in [-0.2, -0.15) is 0 Å². The third-order valence-electron chi connectivity index (χ3n) is 3.92. The molecule has 0 saturated carbocycles. The lowest BCUT2D eigenvalue weighted by molar-refractivity contribution is 0.300. The number of hydrogen-bond donors (Lipinski definition) is 1. The normalized spacial score (nSPS) is 13.6. The van der Waals surface area contributed by atoms with E-state index in [9.17, 15) is 4.39 Å². The number of benzene rings is 2. The topological polar surface area (TPSA) is 15.3 Å². The quantitative estimate of drug-likeness (QED) is 0.911. The Balaban J connectivity index is 0.00000161. The van der Waals surface area contributed by atoms with Crippen molar-refractivity contribution in [2.75, 3.05) is 11.9 Å². The highest BCUT2D eigenvalue weighted by Crippen LogP contribution is 2.26. The van der Waals surface area contributed by atoms with E-state index < -0.39 is 0 Å². The first kappa shape index (κ1) is 15.8. The Bertz CT molecular complexity index is 598. The first-order valence-corrected chi connectivity index (χ1v) is 7.07. The molecule has 0 unspecified atom stereocenters. The Kier molecular flexibility index (Phi) is 5.21. The van der Waals surface area contributed by atoms with Crippen LogP contribution < -0.4 is 5.32 Å². The molecule has 2 nitrogen and oxygen atoms in total. The lowest BCUT2D eigenvalue weighted by Crippen LogP contribution is -2.15. The average molecular weight is 307 g/mol. The molecule has 3 rings (SSSR count). The van der Waals surface area contributed by atoms with E-state index in [1.807, 2.05) is 0 Å². The highest BCUT2D eigenvalue weighted by atomic mass is 35.5. The highest BCUT2D eigenvalue weighted by Gasteiger charge is 2.19. The fourth-order valence-electron chi connectivity index (χ4n) is 2.71. The van der Waals surface area contributed by atoms with Crippen LogP contribution in [0, 0.1) is 5.82 Å². The van der Waals surface area contributed by atoms with Crippen molar-refractivity contribution in [3.8, 4) is 0 Å². The first-order valence-electron chi connectivity index (χ1n) is 7.07. The molecule has 0 amide bonds. The summed E-state index contributed by atoms with van der Waals surface area (Å²) in [7, 11) is 0. The molecule has 1 aliphatic rings. The van der Waals surface area contributed by atoms with Gasteiger partial charge in [0, 0.05) is 25.3 Å². The zero-order valence-electron chi connectivity index (χ0n) is 12.1. The van der Waals surface area contributed by atoms with Crippen LogP contribution >= 0.6 is 12.4 Å². The Morgan fingerprint density at radius 3 is 2.57 bits per heavy atom. The smallest absolute Gasteiger partial charge is 0.123 e. The largest absolute Gasteiger partial charge is 0.381 e. The third-order valence-corrected chi connectivity index (χ3v) is 3.92. The standard InChI is InChI=1S/C17H19FN2.ClH/c1-2-20-11-14-5-3-4-13(17(14)12-20)10-19-16-8-6-15(18)7-9-16;/h3-9,19H,2,10-12H2,1H3;1H. The van der Waals surface area contributed by atoms with E-state index in [0.717, 1.165) is 31.9 Å². The van der Waals surface area contributed by atoms with Gasteiger partial charge in [-0.3, -0.25) is 4.90 Å². The van der Waals surface area contributed by atoms with Gasteiger partial charge >= 0.3 is 0 Å². The molecule has 1 aliphatic heterocycles. The predicted molar refractivity (Wildman–Crippen MR) is 87.2 cm³/mol. The van der Waals surface area contributed by atoms with Crippen molar-refractivity contribution >= 4 is 18.1 Å². The Morgan fingerprint density at radius 1 is 1.10 bits per heavy atom. The van der Waals surface area contributed by atoms with Gasteiger partial charge in [-0.25, -0.2) is 4.39 Å². The van der Waals surface area contributed by atoms with Crippen LogP contribution in [0.4, 0.5) is 10.1 Å². The van der Waals surface area contributed by atoms with Gasteiger partial charge in [0.1, 0.15) is 5.82 Å². The van der Waals surface area contributed by atoms with Gasteiger partial charge in [-0.15, -0.1) is 12.4 Å². The number of hydrogen-bond acceptors (Lipinski definition) is 2. The molecule has 0 fully saturated rings. The zero-order valence-corrected chi connectivity index (χ0v) is 12.9. The van der Waals surface area contributed by atoms with E-state index in [4.69, 9.17) is 0 Å². The van der Waals surface area contributed by atoms with Gasteiger partial charge in [0.05, 0.1) is 0 Å². The van der Waals surface area contributed by atoms with Crippen LogP contribution in [0.3, 0.4) is 0 Å². The lowest BCUT2D eigenvalue weighted by Gasteiger charge is -2.12. The van der Waals surface area contributed by atoms with Gasteiger partial charge in [0.25, 0.3) is 0 Å². The molecule has 2 aromatic rings. The molecule has 21 heavy (non-hydrogen) atoms. The molecule has 0 aliphatic carbocycles. The maximum absolute atomic E-state index is 12.9. The summed E-state index contributed by atoms with van der Waals surface area (Å²) in [6.07, 6.45) is 0. The van der Waals surface area contributed by atoms with Crippen molar-refractivity contribution in [3.05, 3.63) is 65.0 Å². The van der Waals surface area contributed by atoms with Crippen LogP contribution in [0.1, 0.15) is 23.6 Å². The summed E-state index contributed by atoms with van der Waals surface area (Å²) >= 11 is 0. The first-order chi connectivity index (χ1) is 9.76. The van der Waals surface area contributed by atoms with Crippen LogP contribution in [-0.4, -0.2) is 11.4 Å². The van der Waals surface area contributed by atoms with Crippen LogP contribution in [0.15, 0.2) is 42.5 Å². The lowest BCUT2D eigenvalue weighted by atomic mass is 10.0. The minimum atomic E-state index is -0.199. The van der Waals surface area contributed by atoms with Crippen LogP contribution in [-0.2, 0) is 19.6 Å². The van der Waals surface area contributed by atoms with Crippen LogP contribution in [0.2, 0.25) is 0 Å². The molecule has 0 radical (unpaired) electrons. The number of nitrogens with one attached hydrogen (secondary N) is 1. The molecule has 112 valence electrons. The van der Waals surface area contributed by atoms with Crippen molar-refractivity contribution in [1.29, 1.82) is 0 Å². The van der Waals surface area contributed by atoms with Crippen molar-refractivity contribution in [2.24, 2.45) is 0 Å². The summed E-state index contributed by atoms with van der Waals surface area (Å²) in [5, 5.41) is 3.37. The van der Waals surface area contributed by atoms with Gasteiger partial charge in [0.2, 0.25) is 0 Å². The van der Waals surface area contributed by atoms with E-state index in [2.05, 4.69) is 35.3 Å². The molecule has 0 atom stereocenters. The van der Waals surface area contributed by atoms with Crippen molar-refractivity contribution in [1.82, 2.24) is 4.90 Å². The monoisotopic (exact) mass is 306 g/mol. The zero-order chi connectivity index (χ0) is 13.9. The fraction of sp³-hybridized carbons (Fsp3) is 0.294. The van der Waals surface area contributed by atoms with Gasteiger partial charge < -0.3 is 5.32 Å². The molecule has 4 heteroatoms. The molecule has 0 bridgehead atoms. The second-order valence-corrected chi connectivity index (χ2v) is 5.22. The van der Waals surface area contributed by atoms with Crippen molar-refractivity contribution in [3.63, 3.8) is 0 Å². The fourth-order valence-corrected chi connectivity index (χ4v) is 2.71. The summed E-state index contributed by atoms with van der Waals surface area (Å²) in [6, 6.07) is 13.0. The van der Waals surface area contributed by atoms with Crippen LogP contribution in [0.5, 0.6) is 0 Å². The number of rotatable bonds is 4. The van der Waals surface area contributed by atoms with Gasteiger partial charge in [0.15, 0.2) is 0 Å². The Labute approximate surface area is 131 Å². The Hall–Kier alpha value is -1.58. The molecular weight excluding hydrogens is 287 g/mol. The van der Waals surface area contributed by atoms with Crippen molar-refractivity contribution < 1.29 is 4.39 Å². The summed E-state index contributed by atoms with van der Waals surface area (Å²) in [5.74, 6) is -0.199. The second kappa shape index (κ2) is 6.92. The summed E-state index contributed by atoms with van der Waals surface area (Å²) in [6.45, 7) is 6.15. The number of halogens is 2. The average Bonchev–Trinajstić information content (AvgIpc) is 2.90. The van der Waals surface area contributed by atoms with E-state index >= 15 is 0 Å². The van der Waals surface area contributed by atoms with E-state index in [1.165, 1.54) is 28.8 Å².